The van der Waals surface area contributed by atoms with Crippen molar-refractivity contribution in [2.45, 2.75) is 71.1 Å². The van der Waals surface area contributed by atoms with Gasteiger partial charge in [-0.25, -0.2) is 0 Å². The lowest BCUT2D eigenvalue weighted by Gasteiger charge is -2.04. The maximum Gasteiger partial charge on any atom is -0.0323 e. The molecule has 0 atom stereocenters. The normalized spacial score (nSPS) is 10.4. The third kappa shape index (κ3) is 9.83. The van der Waals surface area contributed by atoms with Crippen LogP contribution < -0.4 is 0 Å². The lowest BCUT2D eigenvalue weighted by molar-refractivity contribution is 0.618. The Morgan fingerprint density at radius 1 is 0.857 bits per heavy atom. The molecule has 1 radical (unpaired) electrons. The molecule has 14 heavy (non-hydrogen) atoms. The Kier molecular flexibility index (Phi) is 10.6. The molecule has 0 nitrogen and oxygen atoms in total. The van der Waals surface area contributed by atoms with E-state index in [9.17, 15) is 0 Å². The van der Waals surface area contributed by atoms with E-state index in [1.165, 1.54) is 63.4 Å². The molecule has 0 aromatic rings. The molecule has 0 aliphatic carbocycles. The van der Waals surface area contributed by atoms with Crippen LogP contribution in [0.2, 0.25) is 0 Å². The Morgan fingerprint density at radius 2 is 1.43 bits per heavy atom. The molecule has 0 N–H and O–H groups in total. The highest BCUT2D eigenvalue weighted by atomic mass is 14.0. The van der Waals surface area contributed by atoms with Gasteiger partial charge in [-0.1, -0.05) is 64.5 Å². The molecule has 0 aliphatic rings. The summed E-state index contributed by atoms with van der Waals surface area (Å²) in [6, 6.07) is 0. The highest BCUT2D eigenvalue weighted by Gasteiger charge is 1.95. The lowest BCUT2D eigenvalue weighted by atomic mass is 10.0. The number of hydrogen-bond donors (Lipinski definition) is 0. The van der Waals surface area contributed by atoms with Crippen molar-refractivity contribution >= 4 is 0 Å². The van der Waals surface area contributed by atoms with Crippen molar-refractivity contribution in [2.75, 3.05) is 0 Å². The van der Waals surface area contributed by atoms with Crippen LogP contribution >= 0.6 is 0 Å². The second kappa shape index (κ2) is 10.8. The molecule has 0 amide bonds. The molecule has 0 aromatic heterocycles. The van der Waals surface area contributed by atoms with Crippen LogP contribution in [0.4, 0.5) is 0 Å². The number of unbranched alkanes of at least 4 members (excludes halogenated alkanes) is 6. The fourth-order valence-electron chi connectivity index (χ4n) is 1.66. The van der Waals surface area contributed by atoms with Crippen molar-refractivity contribution in [3.8, 4) is 0 Å². The largest absolute Gasteiger partial charge is 0.0999 e. The summed E-state index contributed by atoms with van der Waals surface area (Å²) in [6.45, 7) is 10.2. The van der Waals surface area contributed by atoms with Crippen molar-refractivity contribution in [3.05, 3.63) is 19.1 Å². The monoisotopic (exact) mass is 195 g/mol. The van der Waals surface area contributed by atoms with E-state index in [1.54, 1.807) is 0 Å². The van der Waals surface area contributed by atoms with Crippen molar-refractivity contribution in [2.24, 2.45) is 0 Å². The summed E-state index contributed by atoms with van der Waals surface area (Å²) >= 11 is 0. The average molecular weight is 195 g/mol. The minimum absolute atomic E-state index is 1.07. The van der Waals surface area contributed by atoms with Gasteiger partial charge in [-0.05, 0) is 25.7 Å². The van der Waals surface area contributed by atoms with Gasteiger partial charge in [0.15, 0.2) is 0 Å². The van der Waals surface area contributed by atoms with E-state index in [-0.39, 0.29) is 0 Å². The number of rotatable bonds is 10. The Morgan fingerprint density at radius 3 is 2.00 bits per heavy atom. The zero-order valence-corrected chi connectivity index (χ0v) is 9.99. The molecule has 0 unspecified atom stereocenters. The van der Waals surface area contributed by atoms with Crippen molar-refractivity contribution in [1.82, 2.24) is 0 Å². The summed E-state index contributed by atoms with van der Waals surface area (Å²) in [6.07, 6.45) is 13.0. The Bertz CT molecular complexity index is 124. The summed E-state index contributed by atoms with van der Waals surface area (Å²) < 4.78 is 0. The predicted octanol–water partition coefficient (Wildman–Crippen LogP) is 5.30. The van der Waals surface area contributed by atoms with Gasteiger partial charge in [-0.15, -0.1) is 0 Å². The zero-order valence-electron chi connectivity index (χ0n) is 9.99. The highest BCUT2D eigenvalue weighted by molar-refractivity contribution is 4.93. The molecule has 0 aliphatic heterocycles. The van der Waals surface area contributed by atoms with E-state index < -0.39 is 0 Å². The van der Waals surface area contributed by atoms with E-state index >= 15 is 0 Å². The van der Waals surface area contributed by atoms with E-state index in [1.807, 2.05) is 0 Å². The van der Waals surface area contributed by atoms with Crippen LogP contribution in [0.15, 0.2) is 12.2 Å². The molecule has 0 fully saturated rings. The quantitative estimate of drug-likeness (QED) is 0.328. The van der Waals surface area contributed by atoms with Crippen LogP contribution in [0.5, 0.6) is 0 Å². The van der Waals surface area contributed by atoms with Crippen molar-refractivity contribution < 1.29 is 0 Å². The first kappa shape index (κ1) is 13.7. The molecule has 0 saturated heterocycles. The van der Waals surface area contributed by atoms with E-state index in [4.69, 9.17) is 0 Å². The third-order valence-corrected chi connectivity index (χ3v) is 2.66. The molecule has 0 bridgehead atoms. The number of allylic oxidation sites excluding steroid dienone is 1. The first-order chi connectivity index (χ1) is 6.81. The molecule has 0 saturated carbocycles. The van der Waals surface area contributed by atoms with Crippen molar-refractivity contribution in [3.63, 3.8) is 0 Å². The topological polar surface area (TPSA) is 0 Å². The van der Waals surface area contributed by atoms with Gasteiger partial charge < -0.3 is 0 Å². The zero-order chi connectivity index (χ0) is 10.6. The Hall–Kier alpha value is -0.260. The fraction of sp³-hybridized carbons (Fsp3) is 0.786. The maximum atomic E-state index is 4.12. The predicted molar refractivity (Wildman–Crippen MR) is 66.3 cm³/mol. The fourth-order valence-corrected chi connectivity index (χ4v) is 1.66. The van der Waals surface area contributed by atoms with Gasteiger partial charge in [0, 0.05) is 0 Å². The maximum absolute atomic E-state index is 4.12. The first-order valence-electron chi connectivity index (χ1n) is 6.27. The van der Waals surface area contributed by atoms with Crippen LogP contribution in [0.25, 0.3) is 0 Å². The van der Waals surface area contributed by atoms with Crippen LogP contribution in [-0.2, 0) is 0 Å². The van der Waals surface area contributed by atoms with E-state index in [0.717, 1.165) is 6.42 Å². The van der Waals surface area contributed by atoms with Gasteiger partial charge >= 0.3 is 0 Å². The number of hydrogen-bond acceptors (Lipinski definition) is 0. The van der Waals surface area contributed by atoms with Crippen LogP contribution in [0, 0.1) is 6.92 Å². The Balaban J connectivity index is 3.10. The lowest BCUT2D eigenvalue weighted by Crippen LogP contribution is -1.84. The SMILES string of the molecule is [CH2]CCCCC(=C)CCCCCCC. The molecule has 0 heterocycles. The third-order valence-electron chi connectivity index (χ3n) is 2.66. The minimum Gasteiger partial charge on any atom is -0.0999 e. The minimum atomic E-state index is 1.07. The summed E-state index contributed by atoms with van der Waals surface area (Å²) in [5.74, 6) is 0. The smallest absolute Gasteiger partial charge is 0.0323 e. The molecule has 83 valence electrons. The molecule has 0 heteroatoms. The second-order valence-corrected chi connectivity index (χ2v) is 4.22. The van der Waals surface area contributed by atoms with Crippen molar-refractivity contribution in [1.29, 1.82) is 0 Å². The first-order valence-corrected chi connectivity index (χ1v) is 6.27. The van der Waals surface area contributed by atoms with Crippen LogP contribution in [0.3, 0.4) is 0 Å². The van der Waals surface area contributed by atoms with Gasteiger partial charge in [0.05, 0.1) is 0 Å². The van der Waals surface area contributed by atoms with Gasteiger partial charge in [0.2, 0.25) is 0 Å². The summed E-state index contributed by atoms with van der Waals surface area (Å²) in [4.78, 5) is 0. The molecule has 0 spiro atoms. The molecule has 0 rings (SSSR count). The van der Waals surface area contributed by atoms with Gasteiger partial charge in [0.1, 0.15) is 0 Å². The summed E-state index contributed by atoms with van der Waals surface area (Å²) in [5.41, 5.74) is 1.45. The Labute approximate surface area is 90.8 Å². The standard InChI is InChI=1S/C14H27/c1-4-6-8-9-11-13-14(3)12-10-7-5-2/h2-13H2,1H3. The van der Waals surface area contributed by atoms with E-state index in [0.29, 0.717) is 0 Å². The van der Waals surface area contributed by atoms with Gasteiger partial charge in [-0.2, -0.15) is 0 Å². The molecular formula is C14H27. The second-order valence-electron chi connectivity index (χ2n) is 4.22. The van der Waals surface area contributed by atoms with Crippen LogP contribution in [0.1, 0.15) is 71.1 Å². The summed E-state index contributed by atoms with van der Waals surface area (Å²) in [5, 5.41) is 0. The molecule has 0 aromatic carbocycles. The summed E-state index contributed by atoms with van der Waals surface area (Å²) in [7, 11) is 0. The van der Waals surface area contributed by atoms with Gasteiger partial charge in [-0.3, -0.25) is 0 Å². The van der Waals surface area contributed by atoms with Crippen LogP contribution in [-0.4, -0.2) is 0 Å². The van der Waals surface area contributed by atoms with E-state index in [2.05, 4.69) is 20.4 Å². The average Bonchev–Trinajstić information content (AvgIpc) is 2.18. The van der Waals surface area contributed by atoms with Gasteiger partial charge in [0.25, 0.3) is 0 Å². The molecular weight excluding hydrogens is 168 g/mol. The highest BCUT2D eigenvalue weighted by Crippen LogP contribution is 2.15.